The standard InChI is InChI=1S/C24H27F2NO3/c1-3-20(27-28-2)23-21-13-12-19(29-21)14-22(23)30-24(15-4-8-17(25)9-5-15)16-6-10-18(26)11-7-16/h4-11,19,21-22,24,27H,3,12-14H2,1-2H3/t19?,21-,22+/m0/s1. The second kappa shape index (κ2) is 9.25. The maximum absolute atomic E-state index is 13.5. The van der Waals surface area contributed by atoms with Crippen molar-refractivity contribution < 1.29 is 23.1 Å². The van der Waals surface area contributed by atoms with Crippen molar-refractivity contribution in [2.24, 2.45) is 0 Å². The van der Waals surface area contributed by atoms with Crippen LogP contribution in [-0.2, 0) is 14.3 Å². The van der Waals surface area contributed by atoms with Crippen LogP contribution in [0.25, 0.3) is 0 Å². The van der Waals surface area contributed by atoms with Crippen molar-refractivity contribution in [1.29, 1.82) is 0 Å². The van der Waals surface area contributed by atoms with Gasteiger partial charge in [0.2, 0.25) is 0 Å². The van der Waals surface area contributed by atoms with E-state index in [0.717, 1.165) is 48.1 Å². The van der Waals surface area contributed by atoms with Gasteiger partial charge >= 0.3 is 0 Å². The lowest BCUT2D eigenvalue weighted by Gasteiger charge is -2.36. The second-order valence-corrected chi connectivity index (χ2v) is 7.76. The summed E-state index contributed by atoms with van der Waals surface area (Å²) in [6.45, 7) is 2.06. The molecule has 6 heteroatoms. The summed E-state index contributed by atoms with van der Waals surface area (Å²) < 4.78 is 39.9. The van der Waals surface area contributed by atoms with E-state index in [1.165, 1.54) is 24.3 Å². The Balaban J connectivity index is 1.71. The van der Waals surface area contributed by atoms with Crippen LogP contribution in [0, 0.1) is 11.6 Å². The van der Waals surface area contributed by atoms with Crippen LogP contribution in [-0.4, -0.2) is 25.4 Å². The quantitative estimate of drug-likeness (QED) is 0.631. The normalized spacial score (nSPS) is 24.9. The summed E-state index contributed by atoms with van der Waals surface area (Å²) >= 11 is 0. The highest BCUT2D eigenvalue weighted by molar-refractivity contribution is 5.32. The molecular formula is C24H27F2NO3. The third-order valence-electron chi connectivity index (χ3n) is 5.85. The van der Waals surface area contributed by atoms with E-state index in [1.807, 2.05) is 0 Å². The van der Waals surface area contributed by atoms with Crippen LogP contribution in [0.4, 0.5) is 8.78 Å². The van der Waals surface area contributed by atoms with E-state index in [-0.39, 0.29) is 29.9 Å². The van der Waals surface area contributed by atoms with Crippen molar-refractivity contribution in [3.05, 3.63) is 82.6 Å². The first-order chi connectivity index (χ1) is 14.6. The number of hydroxylamine groups is 1. The largest absolute Gasteiger partial charge is 0.370 e. The number of fused-ring (bicyclic) bond motifs is 2. The highest BCUT2D eigenvalue weighted by Gasteiger charge is 2.42. The minimum absolute atomic E-state index is 0.00608. The molecule has 4 nitrogen and oxygen atoms in total. The molecule has 30 heavy (non-hydrogen) atoms. The molecule has 2 bridgehead atoms. The molecule has 2 aromatic carbocycles. The van der Waals surface area contributed by atoms with Crippen LogP contribution in [0.5, 0.6) is 0 Å². The molecule has 2 aliphatic heterocycles. The molecule has 1 unspecified atom stereocenters. The van der Waals surface area contributed by atoms with Crippen molar-refractivity contribution in [2.75, 3.05) is 7.11 Å². The van der Waals surface area contributed by atoms with Crippen molar-refractivity contribution in [3.63, 3.8) is 0 Å². The number of allylic oxidation sites excluding steroid dienone is 1. The van der Waals surface area contributed by atoms with E-state index in [1.54, 1.807) is 31.4 Å². The third kappa shape index (κ3) is 4.41. The highest BCUT2D eigenvalue weighted by Crippen LogP contribution is 2.42. The van der Waals surface area contributed by atoms with Crippen molar-refractivity contribution in [1.82, 2.24) is 5.48 Å². The van der Waals surface area contributed by atoms with Crippen LogP contribution in [0.1, 0.15) is 49.8 Å². The van der Waals surface area contributed by atoms with Gasteiger partial charge in [0.05, 0.1) is 25.4 Å². The Morgan fingerprint density at radius 2 is 1.63 bits per heavy atom. The zero-order valence-electron chi connectivity index (χ0n) is 17.2. The lowest BCUT2D eigenvalue weighted by atomic mass is 9.94. The molecular weight excluding hydrogens is 388 g/mol. The molecule has 2 aliphatic rings. The predicted molar refractivity (Wildman–Crippen MR) is 109 cm³/mol. The molecule has 0 amide bonds. The summed E-state index contributed by atoms with van der Waals surface area (Å²) in [6.07, 6.45) is 2.95. The summed E-state index contributed by atoms with van der Waals surface area (Å²) in [7, 11) is 1.59. The first-order valence-corrected chi connectivity index (χ1v) is 10.4. The Morgan fingerprint density at radius 1 is 1.03 bits per heavy atom. The number of hydrogen-bond acceptors (Lipinski definition) is 4. The fourth-order valence-corrected chi connectivity index (χ4v) is 4.45. The van der Waals surface area contributed by atoms with Gasteiger partial charge in [-0.05, 0) is 54.7 Å². The molecule has 2 fully saturated rings. The van der Waals surface area contributed by atoms with Gasteiger partial charge < -0.3 is 9.47 Å². The molecule has 0 aliphatic carbocycles. The summed E-state index contributed by atoms with van der Waals surface area (Å²) in [5.41, 5.74) is 6.67. The monoisotopic (exact) mass is 415 g/mol. The minimum Gasteiger partial charge on any atom is -0.370 e. The van der Waals surface area contributed by atoms with Crippen molar-refractivity contribution >= 4 is 0 Å². The molecule has 0 radical (unpaired) electrons. The van der Waals surface area contributed by atoms with E-state index < -0.39 is 6.10 Å². The van der Waals surface area contributed by atoms with Gasteiger partial charge in [-0.1, -0.05) is 31.2 Å². The number of hydrogen-bond donors (Lipinski definition) is 1. The van der Waals surface area contributed by atoms with Crippen molar-refractivity contribution in [2.45, 2.75) is 57.0 Å². The topological polar surface area (TPSA) is 39.7 Å². The van der Waals surface area contributed by atoms with Gasteiger partial charge in [0.15, 0.2) is 0 Å². The highest BCUT2D eigenvalue weighted by atomic mass is 19.1. The van der Waals surface area contributed by atoms with Crippen LogP contribution in [0.3, 0.4) is 0 Å². The third-order valence-corrected chi connectivity index (χ3v) is 5.85. The van der Waals surface area contributed by atoms with E-state index in [2.05, 4.69) is 12.4 Å². The van der Waals surface area contributed by atoms with Gasteiger partial charge in [-0.2, -0.15) is 0 Å². The molecule has 3 atom stereocenters. The lowest BCUT2D eigenvalue weighted by molar-refractivity contribution is -0.0614. The first-order valence-electron chi connectivity index (χ1n) is 10.4. The Hall–Kier alpha value is -2.28. The Bertz CT molecular complexity index is 837. The molecule has 2 aromatic rings. The zero-order valence-corrected chi connectivity index (χ0v) is 17.2. The lowest BCUT2D eigenvalue weighted by Crippen LogP contribution is -2.37. The smallest absolute Gasteiger partial charge is 0.123 e. The summed E-state index contributed by atoms with van der Waals surface area (Å²) in [5.74, 6) is -0.613. The maximum Gasteiger partial charge on any atom is 0.123 e. The molecule has 2 heterocycles. The molecule has 0 spiro atoms. The number of ether oxygens (including phenoxy) is 2. The second-order valence-electron chi connectivity index (χ2n) is 7.76. The summed E-state index contributed by atoms with van der Waals surface area (Å²) in [6, 6.07) is 12.5. The fraction of sp³-hybridized carbons (Fsp3) is 0.417. The van der Waals surface area contributed by atoms with E-state index in [4.69, 9.17) is 14.3 Å². The number of nitrogens with one attached hydrogen (secondary N) is 1. The average molecular weight is 415 g/mol. The van der Waals surface area contributed by atoms with Gasteiger partial charge in [0.25, 0.3) is 0 Å². The zero-order chi connectivity index (χ0) is 21.1. The number of benzene rings is 2. The molecule has 4 rings (SSSR count). The molecule has 0 aromatic heterocycles. The Labute approximate surface area is 175 Å². The van der Waals surface area contributed by atoms with Gasteiger partial charge in [0, 0.05) is 17.7 Å². The number of rotatable bonds is 7. The van der Waals surface area contributed by atoms with Gasteiger partial charge in [-0.15, -0.1) is 0 Å². The Kier molecular flexibility index (Phi) is 6.46. The van der Waals surface area contributed by atoms with Crippen LogP contribution < -0.4 is 5.48 Å². The molecule has 160 valence electrons. The average Bonchev–Trinajstić information content (AvgIpc) is 3.14. The SMILES string of the molecule is CCC(NOC)=C1[C@@H]2CCC(C[C@H]1OC(c1ccc(F)cc1)c1ccc(F)cc1)O2. The van der Waals surface area contributed by atoms with E-state index >= 15 is 0 Å². The van der Waals surface area contributed by atoms with Gasteiger partial charge in [0.1, 0.15) is 17.7 Å². The summed E-state index contributed by atoms with van der Waals surface area (Å²) in [5, 5.41) is 0. The molecule has 2 saturated heterocycles. The Morgan fingerprint density at radius 3 is 2.17 bits per heavy atom. The van der Waals surface area contributed by atoms with Gasteiger partial charge in [-0.25, -0.2) is 8.78 Å². The van der Waals surface area contributed by atoms with Crippen LogP contribution in [0.2, 0.25) is 0 Å². The molecule has 1 N–H and O–H groups in total. The number of halogens is 2. The molecule has 0 saturated carbocycles. The van der Waals surface area contributed by atoms with Crippen LogP contribution >= 0.6 is 0 Å². The van der Waals surface area contributed by atoms with Gasteiger partial charge in [-0.3, -0.25) is 10.3 Å². The van der Waals surface area contributed by atoms with E-state index in [9.17, 15) is 8.78 Å². The maximum atomic E-state index is 13.5. The van der Waals surface area contributed by atoms with Crippen LogP contribution in [0.15, 0.2) is 59.8 Å². The summed E-state index contributed by atoms with van der Waals surface area (Å²) in [4.78, 5) is 5.20. The minimum atomic E-state index is -0.454. The first kappa shape index (κ1) is 21.0. The fourth-order valence-electron chi connectivity index (χ4n) is 4.45. The van der Waals surface area contributed by atoms with E-state index in [0.29, 0.717) is 0 Å². The predicted octanol–water partition coefficient (Wildman–Crippen LogP) is 5.21. The van der Waals surface area contributed by atoms with Crippen molar-refractivity contribution in [3.8, 4) is 0 Å².